The molecule has 0 bridgehead atoms. The lowest BCUT2D eigenvalue weighted by Crippen LogP contribution is -2.13. The maximum Gasteiger partial charge on any atom is 0.181 e. The van der Waals surface area contributed by atoms with Crippen LogP contribution in [0.2, 0.25) is 0 Å². The second kappa shape index (κ2) is 3.48. The molecule has 1 saturated carbocycles. The maximum absolute atomic E-state index is 5.70. The number of alkyl halides is 1. The molecule has 12 heavy (non-hydrogen) atoms. The Morgan fingerprint density at radius 3 is 3.00 bits per heavy atom. The van der Waals surface area contributed by atoms with Crippen LogP contribution >= 0.6 is 11.6 Å². The van der Waals surface area contributed by atoms with Crippen LogP contribution in [0, 0.1) is 5.92 Å². The van der Waals surface area contributed by atoms with Crippen molar-refractivity contribution < 1.29 is 4.42 Å². The van der Waals surface area contributed by atoms with Gasteiger partial charge in [-0.15, -0.1) is 11.6 Å². The molecule has 66 valence electrons. The number of rotatable bonds is 3. The van der Waals surface area contributed by atoms with Gasteiger partial charge in [-0.3, -0.25) is 0 Å². The smallest absolute Gasteiger partial charge is 0.181 e. The molecule has 0 N–H and O–H groups in total. The fourth-order valence-electron chi connectivity index (χ4n) is 1.53. The van der Waals surface area contributed by atoms with Gasteiger partial charge < -0.3 is 4.42 Å². The molecule has 1 aromatic heterocycles. The third kappa shape index (κ3) is 1.48. The van der Waals surface area contributed by atoms with Crippen LogP contribution < -0.4 is 0 Å². The Morgan fingerprint density at radius 2 is 2.42 bits per heavy atom. The topological polar surface area (TPSA) is 26.0 Å². The molecule has 1 heterocycles. The number of hydrogen-bond donors (Lipinski definition) is 0. The fraction of sp³-hybridized carbons (Fsp3) is 0.667. The zero-order valence-electron chi connectivity index (χ0n) is 6.92. The highest BCUT2D eigenvalue weighted by atomic mass is 35.5. The lowest BCUT2D eigenvalue weighted by molar-refractivity contribution is 0.293. The minimum absolute atomic E-state index is 0.471. The summed E-state index contributed by atoms with van der Waals surface area (Å²) in [4.78, 5) is 4.05. The maximum atomic E-state index is 5.70. The van der Waals surface area contributed by atoms with Crippen LogP contribution in [-0.4, -0.2) is 4.98 Å². The second-order valence-electron chi connectivity index (χ2n) is 3.36. The molecular weight excluding hydrogens is 174 g/mol. The van der Waals surface area contributed by atoms with E-state index in [1.54, 1.807) is 0 Å². The van der Waals surface area contributed by atoms with E-state index in [9.17, 15) is 0 Å². The first kappa shape index (κ1) is 8.11. The summed E-state index contributed by atoms with van der Waals surface area (Å²) in [6, 6.07) is 0. The minimum Gasteiger partial charge on any atom is -0.448 e. The van der Waals surface area contributed by atoms with Crippen molar-refractivity contribution in [2.45, 2.75) is 31.6 Å². The standard InChI is InChI=1S/C9H12ClNO/c10-5-8-9(12-6-11-8)4-7-2-1-3-7/h6-7H,1-5H2. The molecule has 0 saturated heterocycles. The quantitative estimate of drug-likeness (QED) is 0.677. The van der Waals surface area contributed by atoms with Gasteiger partial charge in [0.2, 0.25) is 0 Å². The van der Waals surface area contributed by atoms with Crippen molar-refractivity contribution in [3.63, 3.8) is 0 Å². The Balaban J connectivity index is 2.00. The Labute approximate surface area is 76.9 Å². The van der Waals surface area contributed by atoms with Crippen LogP contribution in [0.5, 0.6) is 0 Å². The summed E-state index contributed by atoms with van der Waals surface area (Å²) in [5.74, 6) is 2.29. The average Bonchev–Trinajstić information content (AvgIpc) is 2.43. The molecule has 0 aliphatic heterocycles. The zero-order chi connectivity index (χ0) is 8.39. The third-order valence-corrected chi connectivity index (χ3v) is 2.80. The lowest BCUT2D eigenvalue weighted by Gasteiger charge is -2.24. The second-order valence-corrected chi connectivity index (χ2v) is 3.62. The van der Waals surface area contributed by atoms with E-state index in [1.807, 2.05) is 0 Å². The molecule has 0 amide bonds. The van der Waals surface area contributed by atoms with Gasteiger partial charge in [0.1, 0.15) is 5.76 Å². The summed E-state index contributed by atoms with van der Waals surface area (Å²) >= 11 is 5.70. The number of halogens is 1. The van der Waals surface area contributed by atoms with E-state index in [0.29, 0.717) is 5.88 Å². The highest BCUT2D eigenvalue weighted by molar-refractivity contribution is 6.16. The van der Waals surface area contributed by atoms with Gasteiger partial charge in [-0.25, -0.2) is 4.98 Å². The number of nitrogens with zero attached hydrogens (tertiary/aromatic N) is 1. The zero-order valence-corrected chi connectivity index (χ0v) is 7.68. The molecule has 1 aromatic rings. The predicted molar refractivity (Wildman–Crippen MR) is 47.1 cm³/mol. The Morgan fingerprint density at radius 1 is 1.58 bits per heavy atom. The highest BCUT2D eigenvalue weighted by Crippen LogP contribution is 2.30. The van der Waals surface area contributed by atoms with Crippen molar-refractivity contribution in [2.75, 3.05) is 0 Å². The van der Waals surface area contributed by atoms with Crippen LogP contribution in [-0.2, 0) is 12.3 Å². The van der Waals surface area contributed by atoms with E-state index < -0.39 is 0 Å². The third-order valence-electron chi connectivity index (χ3n) is 2.55. The summed E-state index contributed by atoms with van der Waals surface area (Å²) in [6.07, 6.45) is 6.56. The van der Waals surface area contributed by atoms with Gasteiger partial charge in [-0.1, -0.05) is 19.3 Å². The molecular formula is C9H12ClNO. The van der Waals surface area contributed by atoms with Gasteiger partial charge in [0, 0.05) is 6.42 Å². The van der Waals surface area contributed by atoms with Crippen molar-refractivity contribution in [1.29, 1.82) is 0 Å². The average molecular weight is 186 g/mol. The number of hydrogen-bond acceptors (Lipinski definition) is 2. The van der Waals surface area contributed by atoms with E-state index in [2.05, 4.69) is 4.98 Å². The summed E-state index contributed by atoms with van der Waals surface area (Å²) in [5, 5.41) is 0. The number of oxazole rings is 1. The van der Waals surface area contributed by atoms with Gasteiger partial charge in [0.25, 0.3) is 0 Å². The largest absolute Gasteiger partial charge is 0.448 e. The Bertz CT molecular complexity index is 255. The van der Waals surface area contributed by atoms with Crippen LogP contribution in [0.15, 0.2) is 10.8 Å². The van der Waals surface area contributed by atoms with Crippen molar-refractivity contribution in [3.05, 3.63) is 17.8 Å². The van der Waals surface area contributed by atoms with Crippen LogP contribution in [0.25, 0.3) is 0 Å². The van der Waals surface area contributed by atoms with Crippen LogP contribution in [0.1, 0.15) is 30.7 Å². The van der Waals surface area contributed by atoms with E-state index >= 15 is 0 Å². The monoisotopic (exact) mass is 185 g/mol. The molecule has 1 fully saturated rings. The molecule has 0 atom stereocenters. The summed E-state index contributed by atoms with van der Waals surface area (Å²) < 4.78 is 5.27. The molecule has 0 spiro atoms. The van der Waals surface area contributed by atoms with Gasteiger partial charge in [0.05, 0.1) is 11.6 Å². The number of aromatic nitrogens is 1. The first-order valence-corrected chi connectivity index (χ1v) is 4.91. The van der Waals surface area contributed by atoms with Crippen molar-refractivity contribution in [3.8, 4) is 0 Å². The molecule has 2 rings (SSSR count). The Kier molecular flexibility index (Phi) is 2.35. The van der Waals surface area contributed by atoms with Crippen LogP contribution in [0.4, 0.5) is 0 Å². The first-order valence-electron chi connectivity index (χ1n) is 4.37. The van der Waals surface area contributed by atoms with E-state index in [-0.39, 0.29) is 0 Å². The minimum atomic E-state index is 0.471. The normalized spacial score (nSPS) is 17.8. The van der Waals surface area contributed by atoms with Gasteiger partial charge in [0.15, 0.2) is 6.39 Å². The highest BCUT2D eigenvalue weighted by Gasteiger charge is 2.20. The predicted octanol–water partition coefficient (Wildman–Crippen LogP) is 2.76. The molecule has 2 nitrogen and oxygen atoms in total. The molecule has 0 unspecified atom stereocenters. The van der Waals surface area contributed by atoms with E-state index in [4.69, 9.17) is 16.0 Å². The van der Waals surface area contributed by atoms with Crippen molar-refractivity contribution in [2.24, 2.45) is 5.92 Å². The lowest BCUT2D eigenvalue weighted by atomic mass is 9.82. The molecule has 1 aliphatic carbocycles. The SMILES string of the molecule is ClCc1ncoc1CC1CCC1. The van der Waals surface area contributed by atoms with E-state index in [1.165, 1.54) is 25.7 Å². The summed E-state index contributed by atoms with van der Waals surface area (Å²) in [5.41, 5.74) is 0.920. The van der Waals surface area contributed by atoms with Crippen LogP contribution in [0.3, 0.4) is 0 Å². The molecule has 0 aromatic carbocycles. The molecule has 3 heteroatoms. The fourth-order valence-corrected chi connectivity index (χ4v) is 1.75. The van der Waals surface area contributed by atoms with Crippen molar-refractivity contribution >= 4 is 11.6 Å². The Hall–Kier alpha value is -0.500. The first-order chi connectivity index (χ1) is 5.90. The van der Waals surface area contributed by atoms with Gasteiger partial charge >= 0.3 is 0 Å². The van der Waals surface area contributed by atoms with Gasteiger partial charge in [-0.05, 0) is 5.92 Å². The van der Waals surface area contributed by atoms with E-state index in [0.717, 1.165) is 23.8 Å². The molecule has 1 aliphatic rings. The summed E-state index contributed by atoms with van der Waals surface area (Å²) in [7, 11) is 0. The summed E-state index contributed by atoms with van der Waals surface area (Å²) in [6.45, 7) is 0. The van der Waals surface area contributed by atoms with Gasteiger partial charge in [-0.2, -0.15) is 0 Å². The molecule has 0 radical (unpaired) electrons. The van der Waals surface area contributed by atoms with Crippen molar-refractivity contribution in [1.82, 2.24) is 4.98 Å².